The van der Waals surface area contributed by atoms with E-state index < -0.39 is 12.7 Å². The zero-order valence-electron chi connectivity index (χ0n) is 7.65. The minimum Gasteiger partial charge on any atom is -0.431 e. The van der Waals surface area contributed by atoms with E-state index in [0.717, 1.165) is 18.2 Å². The summed E-state index contributed by atoms with van der Waals surface area (Å²) in [6.45, 7) is 0. The minimum atomic E-state index is -4.63. The molecule has 0 radical (unpaired) electrons. The minimum absolute atomic E-state index is 0. The molecule has 0 spiro atoms. The summed E-state index contributed by atoms with van der Waals surface area (Å²) in [6.07, 6.45) is 0. The third-order valence-electron chi connectivity index (χ3n) is 1.20. The predicted octanol–water partition coefficient (Wildman–Crippen LogP) is -2.13. The second-order valence-electron chi connectivity index (χ2n) is 2.25. The molecule has 76 valence electrons. The molecule has 0 aliphatic rings. The van der Waals surface area contributed by atoms with E-state index in [9.17, 15) is 14.7 Å². The molecule has 1 rings (SSSR count). The molecule has 9 heteroatoms. The number of phosphoric acid groups is 1. The number of nitrogens with zero attached hydrogens (tertiary/aromatic N) is 1. The van der Waals surface area contributed by atoms with Gasteiger partial charge in [0, 0.05) is 10.7 Å². The van der Waals surface area contributed by atoms with E-state index in [2.05, 4.69) is 10.6 Å². The van der Waals surface area contributed by atoms with Crippen LogP contribution in [0, 0.1) is 16.2 Å². The van der Waals surface area contributed by atoms with Crippen LogP contribution in [0.5, 0.6) is 5.75 Å². The van der Waals surface area contributed by atoms with Gasteiger partial charge in [0.15, 0.2) is 5.69 Å². The largest absolute Gasteiger partial charge is 1.00 e. The van der Waals surface area contributed by atoms with Gasteiger partial charge < -0.3 is 4.52 Å². The Kier molecular flexibility index (Phi) is 5.44. The fraction of sp³-hybridized carbons (Fsp3) is 0. The molecule has 7 nitrogen and oxygen atoms in total. The van der Waals surface area contributed by atoms with Gasteiger partial charge in [0.2, 0.25) is 0 Å². The van der Waals surface area contributed by atoms with Gasteiger partial charge in [0.1, 0.15) is 0 Å². The van der Waals surface area contributed by atoms with Gasteiger partial charge in [-0.1, -0.05) is 12.1 Å². The molecule has 0 fully saturated rings. The maximum Gasteiger partial charge on any atom is 1.00 e. The van der Waals surface area contributed by atoms with Gasteiger partial charge >= 0.3 is 37.4 Å². The summed E-state index contributed by atoms with van der Waals surface area (Å²) in [5, 5.41) is 10.2. The molecule has 15 heavy (non-hydrogen) atoms. The zero-order valence-corrected chi connectivity index (χ0v) is 10.5. The number of benzene rings is 1. The van der Waals surface area contributed by atoms with Crippen LogP contribution in [-0.4, -0.2) is 14.7 Å². The van der Waals surface area contributed by atoms with Crippen molar-refractivity contribution in [3.8, 4) is 5.75 Å². The number of nitro benzene ring substituents is 1. The SMILES string of the molecule is O=[N+]([O-])c1c[c-]c(OP(=O)(O)O)cc1.[Na+]. The van der Waals surface area contributed by atoms with Crippen LogP contribution in [0.15, 0.2) is 18.2 Å². The van der Waals surface area contributed by atoms with E-state index in [1.54, 1.807) is 0 Å². The van der Waals surface area contributed by atoms with E-state index in [0.29, 0.717) is 0 Å². The summed E-state index contributed by atoms with van der Waals surface area (Å²) < 4.78 is 14.5. The number of nitro groups is 1. The second kappa shape index (κ2) is 5.60. The van der Waals surface area contributed by atoms with E-state index >= 15 is 0 Å². The molecule has 1 aromatic rings. The Bertz CT molecular complexity index is 387. The smallest absolute Gasteiger partial charge is 0.431 e. The van der Waals surface area contributed by atoms with Gasteiger partial charge in [-0.2, -0.15) is 0 Å². The van der Waals surface area contributed by atoms with Crippen molar-refractivity contribution in [2.24, 2.45) is 0 Å². The molecule has 0 saturated carbocycles. The molecule has 0 unspecified atom stereocenters. The first kappa shape index (κ1) is 14.6. The molecular weight excluding hydrogens is 236 g/mol. The van der Waals surface area contributed by atoms with E-state index in [1.165, 1.54) is 0 Å². The van der Waals surface area contributed by atoms with Crippen molar-refractivity contribution in [2.45, 2.75) is 0 Å². The maximum absolute atomic E-state index is 10.3. The van der Waals surface area contributed by atoms with Crippen LogP contribution in [0.1, 0.15) is 0 Å². The van der Waals surface area contributed by atoms with E-state index in [4.69, 9.17) is 9.79 Å². The summed E-state index contributed by atoms with van der Waals surface area (Å²) in [6, 6.07) is 5.29. The average Bonchev–Trinajstić information content (AvgIpc) is 2.02. The standard InChI is InChI=1S/C6H5NO6P.Na/c8-7(9)5-1-3-6(4-2-5)13-14(10,11)12;/h1-3H,(H2,10,11,12);/q-1;+1. The number of phosphoric ester groups is 1. The maximum atomic E-state index is 10.3. The Labute approximate surface area is 107 Å². The number of hydrogen-bond donors (Lipinski definition) is 2. The first-order valence-corrected chi connectivity index (χ1v) is 4.83. The predicted molar refractivity (Wildman–Crippen MR) is 44.6 cm³/mol. The first-order valence-electron chi connectivity index (χ1n) is 3.30. The monoisotopic (exact) mass is 241 g/mol. The van der Waals surface area contributed by atoms with E-state index in [-0.39, 0.29) is 41.0 Å². The van der Waals surface area contributed by atoms with Crippen molar-refractivity contribution < 1.29 is 53.4 Å². The first-order chi connectivity index (χ1) is 6.38. The van der Waals surface area contributed by atoms with Crippen molar-refractivity contribution in [2.75, 3.05) is 0 Å². The summed E-state index contributed by atoms with van der Waals surface area (Å²) in [7, 11) is -4.63. The van der Waals surface area contributed by atoms with Crippen LogP contribution in [0.25, 0.3) is 0 Å². The van der Waals surface area contributed by atoms with Gasteiger partial charge in [0.05, 0.1) is 0 Å². The molecule has 2 N–H and O–H groups in total. The van der Waals surface area contributed by atoms with E-state index in [1.807, 2.05) is 0 Å². The Morgan fingerprint density at radius 3 is 2.40 bits per heavy atom. The zero-order chi connectivity index (χ0) is 10.8. The van der Waals surface area contributed by atoms with Gasteiger partial charge in [0.25, 0.3) is 0 Å². The summed E-state index contributed by atoms with van der Waals surface area (Å²) in [4.78, 5) is 26.3. The van der Waals surface area contributed by atoms with Gasteiger partial charge in [-0.15, -0.1) is 12.1 Å². The molecule has 1 aromatic carbocycles. The number of hydrogen-bond acceptors (Lipinski definition) is 4. The fourth-order valence-corrected chi connectivity index (χ4v) is 1.07. The molecule has 0 aliphatic carbocycles. The van der Waals surface area contributed by atoms with Crippen LogP contribution in [-0.2, 0) is 4.57 Å². The van der Waals surface area contributed by atoms with Crippen LogP contribution in [0.4, 0.5) is 5.69 Å². The molecule has 0 bridgehead atoms. The van der Waals surface area contributed by atoms with Crippen molar-refractivity contribution in [1.29, 1.82) is 0 Å². The normalized spacial score (nSPS) is 10.3. The number of non-ortho nitro benzene ring substituents is 1. The summed E-state index contributed by atoms with van der Waals surface area (Å²) in [5.41, 5.74) is -0.233. The molecule has 0 amide bonds. The van der Waals surface area contributed by atoms with Crippen molar-refractivity contribution in [3.05, 3.63) is 34.4 Å². The summed E-state index contributed by atoms with van der Waals surface area (Å²) in [5.74, 6) is -0.246. The van der Waals surface area contributed by atoms with Gasteiger partial charge in [-0.3, -0.25) is 19.9 Å². The van der Waals surface area contributed by atoms with Gasteiger partial charge in [-0.25, -0.2) is 4.57 Å². The fourth-order valence-electron chi connectivity index (χ4n) is 0.701. The molecule has 0 aliphatic heterocycles. The third-order valence-corrected chi connectivity index (χ3v) is 1.63. The van der Waals surface area contributed by atoms with Gasteiger partial charge in [-0.05, 0) is 0 Å². The molecular formula is C6H5NNaO6P. The molecule has 0 atom stereocenters. The van der Waals surface area contributed by atoms with Crippen molar-refractivity contribution >= 4 is 13.5 Å². The Balaban J connectivity index is 0.00000196. The van der Waals surface area contributed by atoms with Crippen LogP contribution >= 0.6 is 7.82 Å². The summed E-state index contributed by atoms with van der Waals surface area (Å²) >= 11 is 0. The quantitative estimate of drug-likeness (QED) is 0.205. The topological polar surface area (TPSA) is 110 Å². The molecule has 0 aromatic heterocycles. The van der Waals surface area contributed by atoms with Crippen LogP contribution < -0.4 is 34.1 Å². The Hall–Kier alpha value is -0.430. The van der Waals surface area contributed by atoms with Crippen molar-refractivity contribution in [3.63, 3.8) is 0 Å². The molecule has 0 saturated heterocycles. The third kappa shape index (κ3) is 5.27. The Morgan fingerprint density at radius 2 is 2.07 bits per heavy atom. The van der Waals surface area contributed by atoms with Crippen molar-refractivity contribution in [1.82, 2.24) is 0 Å². The second-order valence-corrected chi connectivity index (χ2v) is 3.41. The Morgan fingerprint density at radius 1 is 1.47 bits per heavy atom. The average molecular weight is 241 g/mol. The number of rotatable bonds is 3. The van der Waals surface area contributed by atoms with Crippen LogP contribution in [0.3, 0.4) is 0 Å². The molecule has 0 heterocycles. The van der Waals surface area contributed by atoms with Crippen LogP contribution in [0.2, 0.25) is 0 Å².